The van der Waals surface area contributed by atoms with Gasteiger partial charge in [-0.05, 0) is 42.5 Å². The molecular formula is C23H19Cl2N3OS. The van der Waals surface area contributed by atoms with Crippen molar-refractivity contribution in [3.8, 4) is 0 Å². The van der Waals surface area contributed by atoms with Gasteiger partial charge in [0.2, 0.25) is 0 Å². The molecule has 3 aromatic rings. The lowest BCUT2D eigenvalue weighted by Crippen LogP contribution is -2.52. The molecule has 0 atom stereocenters. The number of anilines is 3. The maximum atomic E-state index is 13.6. The summed E-state index contributed by atoms with van der Waals surface area (Å²) >= 11 is 14.2. The number of fused-ring (bicyclic) bond motifs is 2. The van der Waals surface area contributed by atoms with E-state index >= 15 is 0 Å². The number of halogens is 2. The van der Waals surface area contributed by atoms with E-state index in [2.05, 4.69) is 17.0 Å². The van der Waals surface area contributed by atoms with Crippen LogP contribution in [0.4, 0.5) is 21.9 Å². The number of amides is 2. The van der Waals surface area contributed by atoms with Crippen LogP contribution in [0.25, 0.3) is 0 Å². The molecule has 3 aromatic carbocycles. The van der Waals surface area contributed by atoms with Crippen LogP contribution < -0.4 is 9.80 Å². The zero-order valence-electron chi connectivity index (χ0n) is 16.1. The van der Waals surface area contributed by atoms with E-state index in [1.54, 1.807) is 17.8 Å². The zero-order chi connectivity index (χ0) is 20.7. The quantitative estimate of drug-likeness (QED) is 0.416. The molecule has 5 rings (SSSR count). The van der Waals surface area contributed by atoms with Crippen molar-refractivity contribution in [2.45, 2.75) is 9.79 Å². The second-order valence-electron chi connectivity index (χ2n) is 7.23. The largest absolute Gasteiger partial charge is 0.367 e. The van der Waals surface area contributed by atoms with Crippen molar-refractivity contribution < 1.29 is 4.79 Å². The summed E-state index contributed by atoms with van der Waals surface area (Å²) in [6.07, 6.45) is 0. The first-order valence-corrected chi connectivity index (χ1v) is 11.3. The van der Waals surface area contributed by atoms with Gasteiger partial charge in [-0.1, -0.05) is 59.2 Å². The number of carbonyl (C=O) groups is 1. The van der Waals surface area contributed by atoms with Gasteiger partial charge in [0.1, 0.15) is 0 Å². The molecule has 0 saturated carbocycles. The maximum Gasteiger partial charge on any atom is 0.329 e. The number of piperazine rings is 1. The van der Waals surface area contributed by atoms with Crippen molar-refractivity contribution in [3.05, 3.63) is 76.8 Å². The van der Waals surface area contributed by atoms with Crippen molar-refractivity contribution in [3.63, 3.8) is 0 Å². The average Bonchev–Trinajstić information content (AvgIpc) is 2.78. The van der Waals surface area contributed by atoms with E-state index in [1.165, 1.54) is 0 Å². The van der Waals surface area contributed by atoms with Crippen LogP contribution >= 0.6 is 35.0 Å². The summed E-state index contributed by atoms with van der Waals surface area (Å²) in [6, 6.07) is 21.6. The molecule has 152 valence electrons. The minimum atomic E-state index is 0.00652. The summed E-state index contributed by atoms with van der Waals surface area (Å²) < 4.78 is 0. The van der Waals surface area contributed by atoms with Crippen LogP contribution in [0.15, 0.2) is 76.5 Å². The van der Waals surface area contributed by atoms with Crippen LogP contribution in [-0.4, -0.2) is 37.1 Å². The topological polar surface area (TPSA) is 26.8 Å². The third-order valence-corrected chi connectivity index (χ3v) is 7.11. The molecule has 2 heterocycles. The molecule has 0 aromatic heterocycles. The van der Waals surface area contributed by atoms with E-state index < -0.39 is 0 Å². The smallest absolute Gasteiger partial charge is 0.329 e. The normalized spacial score (nSPS) is 15.6. The van der Waals surface area contributed by atoms with Crippen LogP contribution in [0.1, 0.15) is 0 Å². The van der Waals surface area contributed by atoms with Crippen molar-refractivity contribution in [2.75, 3.05) is 36.0 Å². The highest BCUT2D eigenvalue weighted by Crippen LogP contribution is 2.48. The summed E-state index contributed by atoms with van der Waals surface area (Å²) in [4.78, 5) is 21.8. The maximum absolute atomic E-state index is 13.6. The SMILES string of the molecule is O=C(N1CCN(c2cc(Cl)ccc2Cl)CC1)N1c2ccccc2Sc2ccccc21. The zero-order valence-corrected chi connectivity index (χ0v) is 18.4. The van der Waals surface area contributed by atoms with E-state index in [-0.39, 0.29) is 6.03 Å². The number of para-hydroxylation sites is 2. The lowest BCUT2D eigenvalue weighted by molar-refractivity contribution is 0.203. The van der Waals surface area contributed by atoms with Gasteiger partial charge in [-0.25, -0.2) is 4.79 Å². The van der Waals surface area contributed by atoms with Crippen molar-refractivity contribution in [1.29, 1.82) is 0 Å². The number of hydrogen-bond acceptors (Lipinski definition) is 3. The Morgan fingerprint density at radius 1 is 0.767 bits per heavy atom. The van der Waals surface area contributed by atoms with Gasteiger partial charge >= 0.3 is 6.03 Å². The number of nitrogens with zero attached hydrogens (tertiary/aromatic N) is 3. The molecule has 2 aliphatic rings. The number of carbonyl (C=O) groups excluding carboxylic acids is 1. The molecule has 7 heteroatoms. The van der Waals surface area contributed by atoms with Gasteiger partial charge < -0.3 is 9.80 Å². The molecule has 0 spiro atoms. The Morgan fingerprint density at radius 2 is 1.37 bits per heavy atom. The first kappa shape index (κ1) is 19.6. The first-order valence-electron chi connectivity index (χ1n) is 9.77. The lowest BCUT2D eigenvalue weighted by Gasteiger charge is -2.40. The van der Waals surface area contributed by atoms with Crippen LogP contribution in [0.5, 0.6) is 0 Å². The lowest BCUT2D eigenvalue weighted by atomic mass is 10.2. The van der Waals surface area contributed by atoms with Crippen LogP contribution in [-0.2, 0) is 0 Å². The Hall–Kier alpha value is -2.34. The van der Waals surface area contributed by atoms with Gasteiger partial charge in [-0.3, -0.25) is 4.90 Å². The highest BCUT2D eigenvalue weighted by Gasteiger charge is 2.32. The fourth-order valence-electron chi connectivity index (χ4n) is 3.92. The van der Waals surface area contributed by atoms with Gasteiger partial charge in [0.25, 0.3) is 0 Å². The predicted octanol–water partition coefficient (Wildman–Crippen LogP) is 6.54. The van der Waals surface area contributed by atoms with Crippen LogP contribution in [0, 0.1) is 0 Å². The Bertz CT molecular complexity index is 1070. The molecule has 2 amide bonds. The average molecular weight is 456 g/mol. The summed E-state index contributed by atoms with van der Waals surface area (Å²) in [5.41, 5.74) is 2.79. The summed E-state index contributed by atoms with van der Waals surface area (Å²) in [6.45, 7) is 2.65. The van der Waals surface area contributed by atoms with Gasteiger partial charge in [-0.15, -0.1) is 0 Å². The van der Waals surface area contributed by atoms with Crippen LogP contribution in [0.2, 0.25) is 10.0 Å². The minimum Gasteiger partial charge on any atom is -0.367 e. The predicted molar refractivity (Wildman–Crippen MR) is 125 cm³/mol. The molecular weight excluding hydrogens is 437 g/mol. The first-order chi connectivity index (χ1) is 14.6. The monoisotopic (exact) mass is 455 g/mol. The number of rotatable bonds is 1. The van der Waals surface area contributed by atoms with E-state index in [9.17, 15) is 4.79 Å². The standard InChI is InChI=1S/C23H19Cl2N3OS/c24-16-9-10-17(25)20(15-16)26-11-13-27(14-12-26)23(29)28-18-5-1-3-7-21(18)30-22-8-4-2-6-19(22)28/h1-10,15H,11-14H2. The Balaban J connectivity index is 1.40. The van der Waals surface area contributed by atoms with Gasteiger partial charge in [0.05, 0.1) is 22.1 Å². The minimum absolute atomic E-state index is 0.00652. The number of benzene rings is 3. The molecule has 0 bridgehead atoms. The molecule has 1 saturated heterocycles. The van der Waals surface area contributed by atoms with Crippen LogP contribution in [0.3, 0.4) is 0 Å². The van der Waals surface area contributed by atoms with Gasteiger partial charge in [-0.2, -0.15) is 0 Å². The molecule has 1 fully saturated rings. The number of urea groups is 1. The second-order valence-corrected chi connectivity index (χ2v) is 9.15. The van der Waals surface area contributed by atoms with Crippen molar-refractivity contribution in [2.24, 2.45) is 0 Å². The van der Waals surface area contributed by atoms with Gasteiger partial charge in [0.15, 0.2) is 0 Å². The van der Waals surface area contributed by atoms with Gasteiger partial charge in [0, 0.05) is 41.0 Å². The number of hydrogen-bond donors (Lipinski definition) is 0. The molecule has 0 aliphatic carbocycles. The third-order valence-electron chi connectivity index (χ3n) is 5.42. The van der Waals surface area contributed by atoms with Crippen molar-refractivity contribution >= 4 is 58.1 Å². The van der Waals surface area contributed by atoms with E-state index in [1.807, 2.05) is 58.3 Å². The molecule has 4 nitrogen and oxygen atoms in total. The fraction of sp³-hybridized carbons (Fsp3) is 0.174. The molecule has 0 N–H and O–H groups in total. The third kappa shape index (κ3) is 3.51. The summed E-state index contributed by atoms with van der Waals surface area (Å²) in [5, 5.41) is 1.34. The molecule has 0 radical (unpaired) electrons. The molecule has 30 heavy (non-hydrogen) atoms. The Kier molecular flexibility index (Phi) is 5.27. The summed E-state index contributed by atoms with van der Waals surface area (Å²) in [7, 11) is 0. The highest BCUT2D eigenvalue weighted by molar-refractivity contribution is 7.99. The fourth-order valence-corrected chi connectivity index (χ4v) is 5.38. The van der Waals surface area contributed by atoms with E-state index in [0.717, 1.165) is 26.9 Å². The van der Waals surface area contributed by atoms with Crippen molar-refractivity contribution in [1.82, 2.24) is 4.90 Å². The molecule has 0 unspecified atom stereocenters. The molecule has 2 aliphatic heterocycles. The second kappa shape index (κ2) is 8.06. The van der Waals surface area contributed by atoms with E-state index in [0.29, 0.717) is 36.2 Å². The van der Waals surface area contributed by atoms with E-state index in [4.69, 9.17) is 23.2 Å². The Labute approximate surface area is 190 Å². The summed E-state index contributed by atoms with van der Waals surface area (Å²) in [5.74, 6) is 0. The Morgan fingerprint density at radius 3 is 2.00 bits per heavy atom. The highest BCUT2D eigenvalue weighted by atomic mass is 35.5.